The van der Waals surface area contributed by atoms with E-state index in [1.165, 1.54) is 0 Å². The number of rotatable bonds is 4. The zero-order valence-electron chi connectivity index (χ0n) is 8.73. The minimum absolute atomic E-state index is 0.389. The third-order valence-corrected chi connectivity index (χ3v) is 3.32. The molecule has 1 aromatic rings. The van der Waals surface area contributed by atoms with Crippen LogP contribution in [0.3, 0.4) is 0 Å². The molecule has 86 valence electrons. The molecule has 1 aromatic carbocycles. The molecule has 16 heavy (non-hydrogen) atoms. The summed E-state index contributed by atoms with van der Waals surface area (Å²) in [6, 6.07) is 7.50. The standard InChI is InChI=1S/C12H13BrO3/c13-10-3-1-2-9(5-10)11(12(14)15)4-8-6-16-7-8/h1-3,5,8,11H,4,6-7H2,(H,14,15). The summed E-state index contributed by atoms with van der Waals surface area (Å²) in [5.74, 6) is -0.795. The fourth-order valence-corrected chi connectivity index (χ4v) is 2.27. The maximum Gasteiger partial charge on any atom is 0.310 e. The number of hydrogen-bond acceptors (Lipinski definition) is 2. The van der Waals surface area contributed by atoms with Gasteiger partial charge in [0.2, 0.25) is 0 Å². The molecule has 3 nitrogen and oxygen atoms in total. The van der Waals surface area contributed by atoms with Gasteiger partial charge in [-0.3, -0.25) is 4.79 Å². The van der Waals surface area contributed by atoms with Gasteiger partial charge in [0, 0.05) is 10.4 Å². The van der Waals surface area contributed by atoms with Gasteiger partial charge in [-0.05, 0) is 24.1 Å². The third-order valence-electron chi connectivity index (χ3n) is 2.83. The van der Waals surface area contributed by atoms with Gasteiger partial charge < -0.3 is 9.84 Å². The molecule has 0 aromatic heterocycles. The lowest BCUT2D eigenvalue weighted by Gasteiger charge is -2.28. The highest BCUT2D eigenvalue weighted by atomic mass is 79.9. The van der Waals surface area contributed by atoms with E-state index in [0.29, 0.717) is 25.6 Å². The zero-order valence-corrected chi connectivity index (χ0v) is 10.3. The third kappa shape index (κ3) is 2.62. The molecule has 1 fully saturated rings. The second-order valence-corrected chi connectivity index (χ2v) is 5.00. The van der Waals surface area contributed by atoms with Crippen molar-refractivity contribution in [3.05, 3.63) is 34.3 Å². The van der Waals surface area contributed by atoms with E-state index in [0.717, 1.165) is 10.0 Å². The average molecular weight is 285 g/mol. The van der Waals surface area contributed by atoms with E-state index in [9.17, 15) is 9.90 Å². The van der Waals surface area contributed by atoms with Crippen molar-refractivity contribution in [2.45, 2.75) is 12.3 Å². The summed E-state index contributed by atoms with van der Waals surface area (Å²) in [5, 5.41) is 9.23. The summed E-state index contributed by atoms with van der Waals surface area (Å²) in [4.78, 5) is 11.2. The lowest BCUT2D eigenvalue weighted by atomic mass is 9.88. The number of carboxylic acids is 1. The molecule has 0 amide bonds. The molecule has 0 saturated carbocycles. The molecule has 0 radical (unpaired) electrons. The van der Waals surface area contributed by atoms with Crippen molar-refractivity contribution in [2.24, 2.45) is 5.92 Å². The first-order valence-corrected chi connectivity index (χ1v) is 6.02. The lowest BCUT2D eigenvalue weighted by molar-refractivity contribution is -0.140. The molecule has 1 unspecified atom stereocenters. The van der Waals surface area contributed by atoms with Gasteiger partial charge in [-0.1, -0.05) is 28.1 Å². The van der Waals surface area contributed by atoms with Crippen LogP contribution in [0.4, 0.5) is 0 Å². The normalized spacial score (nSPS) is 17.8. The van der Waals surface area contributed by atoms with Crippen LogP contribution >= 0.6 is 15.9 Å². The Bertz CT molecular complexity index is 388. The molecular weight excluding hydrogens is 272 g/mol. The van der Waals surface area contributed by atoms with Gasteiger partial charge >= 0.3 is 5.97 Å². The molecule has 1 heterocycles. The van der Waals surface area contributed by atoms with Crippen LogP contribution in [0.2, 0.25) is 0 Å². The second kappa shape index (κ2) is 4.97. The fourth-order valence-electron chi connectivity index (χ4n) is 1.86. The van der Waals surface area contributed by atoms with Crippen LogP contribution in [0.1, 0.15) is 17.9 Å². The first kappa shape index (κ1) is 11.6. The van der Waals surface area contributed by atoms with Crippen LogP contribution in [-0.4, -0.2) is 24.3 Å². The molecule has 1 atom stereocenters. The number of carbonyl (C=O) groups is 1. The maximum atomic E-state index is 11.2. The number of carboxylic acid groups (broad SMARTS) is 1. The summed E-state index contributed by atoms with van der Waals surface area (Å²) in [7, 11) is 0. The molecule has 1 saturated heterocycles. The molecule has 0 bridgehead atoms. The minimum atomic E-state index is -0.759. The Hall–Kier alpha value is -0.870. The zero-order chi connectivity index (χ0) is 11.5. The van der Waals surface area contributed by atoms with Crippen molar-refractivity contribution in [1.82, 2.24) is 0 Å². The number of hydrogen-bond donors (Lipinski definition) is 1. The van der Waals surface area contributed by atoms with Crippen molar-refractivity contribution >= 4 is 21.9 Å². The summed E-state index contributed by atoms with van der Waals surface area (Å²) < 4.78 is 5.99. The Morgan fingerprint density at radius 2 is 2.31 bits per heavy atom. The summed E-state index contributed by atoms with van der Waals surface area (Å²) in [5.41, 5.74) is 0.855. The predicted molar refractivity (Wildman–Crippen MR) is 63.4 cm³/mol. The first-order chi connectivity index (χ1) is 7.66. The van der Waals surface area contributed by atoms with Gasteiger partial charge in [0.05, 0.1) is 19.1 Å². The molecule has 1 aliphatic rings. The Kier molecular flexibility index (Phi) is 3.61. The predicted octanol–water partition coefficient (Wildman–Crippen LogP) is 2.65. The number of halogens is 1. The Labute approximate surface area is 103 Å². The van der Waals surface area contributed by atoms with Crippen molar-refractivity contribution in [3.63, 3.8) is 0 Å². The smallest absolute Gasteiger partial charge is 0.310 e. The highest BCUT2D eigenvalue weighted by molar-refractivity contribution is 9.10. The highest BCUT2D eigenvalue weighted by Crippen LogP contribution is 2.29. The largest absolute Gasteiger partial charge is 0.481 e. The lowest BCUT2D eigenvalue weighted by Crippen LogP contribution is -2.30. The van der Waals surface area contributed by atoms with Crippen LogP contribution in [0.5, 0.6) is 0 Å². The number of aliphatic carboxylic acids is 1. The number of benzene rings is 1. The Morgan fingerprint density at radius 3 is 2.81 bits per heavy atom. The Balaban J connectivity index is 2.14. The summed E-state index contributed by atoms with van der Waals surface area (Å²) in [6.07, 6.45) is 0.659. The van der Waals surface area contributed by atoms with Crippen LogP contribution in [0.15, 0.2) is 28.7 Å². The molecular formula is C12H13BrO3. The average Bonchev–Trinajstić information content (AvgIpc) is 2.15. The van der Waals surface area contributed by atoms with E-state index < -0.39 is 11.9 Å². The van der Waals surface area contributed by atoms with Crippen molar-refractivity contribution in [3.8, 4) is 0 Å². The van der Waals surface area contributed by atoms with Gasteiger partial charge in [-0.15, -0.1) is 0 Å². The van der Waals surface area contributed by atoms with E-state index in [1.807, 2.05) is 24.3 Å². The van der Waals surface area contributed by atoms with Crippen molar-refractivity contribution in [1.29, 1.82) is 0 Å². The maximum absolute atomic E-state index is 11.2. The van der Waals surface area contributed by atoms with Crippen molar-refractivity contribution in [2.75, 3.05) is 13.2 Å². The van der Waals surface area contributed by atoms with Gasteiger partial charge in [0.1, 0.15) is 0 Å². The quantitative estimate of drug-likeness (QED) is 0.925. The van der Waals surface area contributed by atoms with Crippen molar-refractivity contribution < 1.29 is 14.6 Å². The van der Waals surface area contributed by atoms with Gasteiger partial charge in [0.25, 0.3) is 0 Å². The molecule has 1 aliphatic heterocycles. The summed E-state index contributed by atoms with van der Waals surface area (Å²) in [6.45, 7) is 1.38. The topological polar surface area (TPSA) is 46.5 Å². The first-order valence-electron chi connectivity index (χ1n) is 5.23. The van der Waals surface area contributed by atoms with E-state index >= 15 is 0 Å². The minimum Gasteiger partial charge on any atom is -0.481 e. The van der Waals surface area contributed by atoms with Gasteiger partial charge in [-0.25, -0.2) is 0 Å². The highest BCUT2D eigenvalue weighted by Gasteiger charge is 2.28. The molecule has 2 rings (SSSR count). The monoisotopic (exact) mass is 284 g/mol. The molecule has 0 aliphatic carbocycles. The van der Waals surface area contributed by atoms with E-state index in [-0.39, 0.29) is 0 Å². The summed E-state index contributed by atoms with van der Waals surface area (Å²) >= 11 is 3.36. The molecule has 4 heteroatoms. The van der Waals surface area contributed by atoms with Gasteiger partial charge in [0.15, 0.2) is 0 Å². The van der Waals surface area contributed by atoms with E-state index in [2.05, 4.69) is 15.9 Å². The number of ether oxygens (including phenoxy) is 1. The van der Waals surface area contributed by atoms with Gasteiger partial charge in [-0.2, -0.15) is 0 Å². The van der Waals surface area contributed by atoms with E-state index in [1.54, 1.807) is 0 Å². The van der Waals surface area contributed by atoms with E-state index in [4.69, 9.17) is 4.74 Å². The van der Waals surface area contributed by atoms with Crippen LogP contribution < -0.4 is 0 Å². The molecule has 1 N–H and O–H groups in total. The Morgan fingerprint density at radius 1 is 1.56 bits per heavy atom. The second-order valence-electron chi connectivity index (χ2n) is 4.09. The van der Waals surface area contributed by atoms with Crippen LogP contribution in [0, 0.1) is 5.92 Å². The SMILES string of the molecule is O=C(O)C(CC1COC1)c1cccc(Br)c1. The molecule has 0 spiro atoms. The fraction of sp³-hybridized carbons (Fsp3) is 0.417. The van der Waals surface area contributed by atoms with Crippen LogP contribution in [-0.2, 0) is 9.53 Å². The van der Waals surface area contributed by atoms with Crippen LogP contribution in [0.25, 0.3) is 0 Å².